The van der Waals surface area contributed by atoms with E-state index in [1.165, 1.54) is 10.4 Å². The Hall–Kier alpha value is -0.830. The van der Waals surface area contributed by atoms with Crippen LogP contribution >= 0.6 is 35.3 Å². The van der Waals surface area contributed by atoms with Gasteiger partial charge >= 0.3 is 0 Å². The summed E-state index contributed by atoms with van der Waals surface area (Å²) in [5, 5.41) is 8.67. The quantitative estimate of drug-likeness (QED) is 0.401. The number of halogens is 1. The fourth-order valence-corrected chi connectivity index (χ4v) is 3.30. The van der Waals surface area contributed by atoms with Gasteiger partial charge in [-0.05, 0) is 43.2 Å². The molecule has 1 aromatic heterocycles. The molecule has 0 bridgehead atoms. The van der Waals surface area contributed by atoms with Crippen molar-refractivity contribution in [1.29, 1.82) is 0 Å². The Morgan fingerprint density at radius 2 is 2.17 bits per heavy atom. The molecular weight excluding hydrogens is 435 g/mol. The molecule has 0 saturated carbocycles. The highest BCUT2D eigenvalue weighted by molar-refractivity contribution is 14.0. The summed E-state index contributed by atoms with van der Waals surface area (Å²) in [5.41, 5.74) is 1.29. The highest BCUT2D eigenvalue weighted by Gasteiger charge is 2.21. The first-order chi connectivity index (χ1) is 11.0. The van der Waals surface area contributed by atoms with E-state index >= 15 is 0 Å². The fourth-order valence-electron chi connectivity index (χ4n) is 2.41. The maximum absolute atomic E-state index is 12.4. The molecule has 7 heteroatoms. The van der Waals surface area contributed by atoms with E-state index in [0.29, 0.717) is 12.0 Å². The molecule has 0 radical (unpaired) electrons. The Morgan fingerprint density at radius 3 is 2.83 bits per heavy atom. The minimum Gasteiger partial charge on any atom is -0.357 e. The van der Waals surface area contributed by atoms with Gasteiger partial charge in [0.2, 0.25) is 5.91 Å². The van der Waals surface area contributed by atoms with E-state index in [2.05, 4.69) is 47.8 Å². The zero-order chi connectivity index (χ0) is 16.8. The average Bonchev–Trinajstić information content (AvgIpc) is 2.99. The maximum Gasteiger partial charge on any atom is 0.244 e. The van der Waals surface area contributed by atoms with Crippen LogP contribution in [0.5, 0.6) is 0 Å². The Kier molecular flexibility index (Phi) is 9.04. The molecule has 1 aliphatic rings. The van der Waals surface area contributed by atoms with Gasteiger partial charge in [-0.15, -0.1) is 35.3 Å². The molecule has 5 nitrogen and oxygen atoms in total. The second-order valence-electron chi connectivity index (χ2n) is 6.31. The summed E-state index contributed by atoms with van der Waals surface area (Å²) < 4.78 is 0. The molecule has 24 heavy (non-hydrogen) atoms. The third kappa shape index (κ3) is 5.91. The van der Waals surface area contributed by atoms with Crippen molar-refractivity contribution in [2.75, 3.05) is 19.6 Å². The number of nitrogens with zero attached hydrogens (tertiary/aromatic N) is 2. The summed E-state index contributed by atoms with van der Waals surface area (Å²) in [6.07, 6.45) is 0.963. The Labute approximate surface area is 166 Å². The Balaban J connectivity index is 0.00000288. The van der Waals surface area contributed by atoms with Crippen molar-refractivity contribution >= 4 is 47.2 Å². The molecular formula is C17H29IN4OS. The summed E-state index contributed by atoms with van der Waals surface area (Å²) in [6.45, 7) is 11.0. The van der Waals surface area contributed by atoms with Crippen LogP contribution in [0.3, 0.4) is 0 Å². The standard InChI is InChI=1S/C17H28N4OS.HI/c1-5-18-17(20-13(4)12(2)3)19-10-16(22)21-8-6-15-14(11-21)7-9-23-15;/h7,9,12-13H,5-6,8,10-11H2,1-4H3,(H2,18,19,20);1H. The third-order valence-electron chi connectivity index (χ3n) is 4.24. The lowest BCUT2D eigenvalue weighted by Gasteiger charge is -2.26. The summed E-state index contributed by atoms with van der Waals surface area (Å²) >= 11 is 1.79. The van der Waals surface area contributed by atoms with Crippen molar-refractivity contribution in [2.45, 2.75) is 46.7 Å². The van der Waals surface area contributed by atoms with Gasteiger partial charge in [0.15, 0.2) is 5.96 Å². The average molecular weight is 464 g/mol. The second kappa shape index (κ2) is 10.2. The number of fused-ring (bicyclic) bond motifs is 1. The summed E-state index contributed by atoms with van der Waals surface area (Å²) in [6, 6.07) is 2.44. The molecule has 2 rings (SSSR count). The van der Waals surface area contributed by atoms with Crippen LogP contribution < -0.4 is 10.6 Å². The predicted octanol–water partition coefficient (Wildman–Crippen LogP) is 2.85. The fraction of sp³-hybridized carbons (Fsp3) is 0.647. The van der Waals surface area contributed by atoms with E-state index < -0.39 is 0 Å². The van der Waals surface area contributed by atoms with Crippen LogP contribution in [-0.2, 0) is 17.8 Å². The number of guanidine groups is 1. The Bertz CT molecular complexity index is 559. The smallest absolute Gasteiger partial charge is 0.244 e. The Morgan fingerprint density at radius 1 is 1.42 bits per heavy atom. The molecule has 0 fully saturated rings. The predicted molar refractivity (Wildman–Crippen MR) is 112 cm³/mol. The largest absolute Gasteiger partial charge is 0.357 e. The lowest BCUT2D eigenvalue weighted by atomic mass is 10.1. The normalized spacial score (nSPS) is 15.5. The number of amides is 1. The van der Waals surface area contributed by atoms with Crippen molar-refractivity contribution in [3.63, 3.8) is 0 Å². The summed E-state index contributed by atoms with van der Waals surface area (Å²) in [5.74, 6) is 1.32. The number of carbonyl (C=O) groups excluding carboxylic acids is 1. The van der Waals surface area contributed by atoms with Crippen LogP contribution in [-0.4, -0.2) is 42.4 Å². The SMILES string of the molecule is CCNC(=NCC(=O)N1CCc2sccc2C1)NC(C)C(C)C.I. The number of carbonyl (C=O) groups is 1. The molecule has 0 aromatic carbocycles. The van der Waals surface area contributed by atoms with E-state index in [0.717, 1.165) is 32.0 Å². The van der Waals surface area contributed by atoms with Crippen molar-refractivity contribution in [3.8, 4) is 0 Å². The highest BCUT2D eigenvalue weighted by atomic mass is 127. The summed E-state index contributed by atoms with van der Waals surface area (Å²) in [4.78, 5) is 20.2. The minimum absolute atomic E-state index is 0. The van der Waals surface area contributed by atoms with E-state index in [4.69, 9.17) is 0 Å². The number of rotatable bonds is 5. The van der Waals surface area contributed by atoms with Crippen molar-refractivity contribution in [3.05, 3.63) is 21.9 Å². The number of nitrogens with one attached hydrogen (secondary N) is 2. The number of hydrogen-bond acceptors (Lipinski definition) is 3. The molecule has 136 valence electrons. The molecule has 1 aliphatic heterocycles. The number of aliphatic imine (C=N–C) groups is 1. The first kappa shape index (κ1) is 21.2. The van der Waals surface area contributed by atoms with Crippen LogP contribution in [0.15, 0.2) is 16.4 Å². The van der Waals surface area contributed by atoms with Gasteiger partial charge in [0.05, 0.1) is 0 Å². The topological polar surface area (TPSA) is 56.7 Å². The van der Waals surface area contributed by atoms with Crippen LogP contribution in [0.25, 0.3) is 0 Å². The van der Waals surface area contributed by atoms with E-state index in [1.807, 2.05) is 11.8 Å². The zero-order valence-corrected chi connectivity index (χ0v) is 18.1. The van der Waals surface area contributed by atoms with Gasteiger partial charge in [0.1, 0.15) is 6.54 Å². The van der Waals surface area contributed by atoms with Crippen molar-refractivity contribution in [2.24, 2.45) is 10.9 Å². The summed E-state index contributed by atoms with van der Waals surface area (Å²) in [7, 11) is 0. The van der Waals surface area contributed by atoms with Crippen LogP contribution in [0, 0.1) is 5.92 Å². The maximum atomic E-state index is 12.4. The second-order valence-corrected chi connectivity index (χ2v) is 7.31. The molecule has 2 heterocycles. The lowest BCUT2D eigenvalue weighted by molar-refractivity contribution is -0.130. The molecule has 1 unspecified atom stereocenters. The van der Waals surface area contributed by atoms with Gasteiger partial charge in [-0.3, -0.25) is 4.79 Å². The lowest BCUT2D eigenvalue weighted by Crippen LogP contribution is -2.45. The van der Waals surface area contributed by atoms with E-state index in [-0.39, 0.29) is 36.4 Å². The van der Waals surface area contributed by atoms with Crippen molar-refractivity contribution < 1.29 is 4.79 Å². The number of hydrogen-bond donors (Lipinski definition) is 2. The van der Waals surface area contributed by atoms with Gasteiger partial charge in [0.25, 0.3) is 0 Å². The molecule has 2 N–H and O–H groups in total. The van der Waals surface area contributed by atoms with Crippen LogP contribution in [0.1, 0.15) is 38.1 Å². The van der Waals surface area contributed by atoms with Crippen molar-refractivity contribution in [1.82, 2.24) is 15.5 Å². The van der Waals surface area contributed by atoms with Gasteiger partial charge in [-0.1, -0.05) is 13.8 Å². The number of thiophene rings is 1. The minimum atomic E-state index is 0. The third-order valence-corrected chi connectivity index (χ3v) is 5.26. The molecule has 0 spiro atoms. The monoisotopic (exact) mass is 464 g/mol. The van der Waals surface area contributed by atoms with Gasteiger partial charge in [0, 0.05) is 30.6 Å². The first-order valence-corrected chi connectivity index (χ1v) is 9.27. The van der Waals surface area contributed by atoms with Crippen LogP contribution in [0.2, 0.25) is 0 Å². The van der Waals surface area contributed by atoms with Gasteiger partial charge in [-0.25, -0.2) is 4.99 Å². The zero-order valence-electron chi connectivity index (χ0n) is 15.0. The van der Waals surface area contributed by atoms with Gasteiger partial charge in [-0.2, -0.15) is 0 Å². The molecule has 1 amide bonds. The van der Waals surface area contributed by atoms with E-state index in [9.17, 15) is 4.79 Å². The van der Waals surface area contributed by atoms with Crippen LogP contribution in [0.4, 0.5) is 0 Å². The molecule has 0 saturated heterocycles. The van der Waals surface area contributed by atoms with Gasteiger partial charge < -0.3 is 15.5 Å². The molecule has 1 atom stereocenters. The molecule has 0 aliphatic carbocycles. The highest BCUT2D eigenvalue weighted by Crippen LogP contribution is 2.23. The first-order valence-electron chi connectivity index (χ1n) is 8.39. The van der Waals surface area contributed by atoms with E-state index in [1.54, 1.807) is 11.3 Å². The molecule has 1 aromatic rings.